The van der Waals surface area contributed by atoms with E-state index in [1.54, 1.807) is 6.92 Å². The summed E-state index contributed by atoms with van der Waals surface area (Å²) in [5.41, 5.74) is 1.37. The van der Waals surface area contributed by atoms with Gasteiger partial charge in [-0.25, -0.2) is 12.7 Å². The highest BCUT2D eigenvalue weighted by atomic mass is 35.5. The van der Waals surface area contributed by atoms with Gasteiger partial charge in [-0.2, -0.15) is 0 Å². The van der Waals surface area contributed by atoms with E-state index in [9.17, 15) is 13.2 Å². The predicted molar refractivity (Wildman–Crippen MR) is 120 cm³/mol. The fourth-order valence-corrected chi connectivity index (χ4v) is 3.80. The van der Waals surface area contributed by atoms with Gasteiger partial charge in [0.05, 0.1) is 21.5 Å². The van der Waals surface area contributed by atoms with Gasteiger partial charge >= 0.3 is 0 Å². The van der Waals surface area contributed by atoms with Crippen molar-refractivity contribution in [3.63, 3.8) is 0 Å². The Hall–Kier alpha value is -2.09. The van der Waals surface area contributed by atoms with Crippen LogP contribution in [0.1, 0.15) is 43.6 Å². The lowest BCUT2D eigenvalue weighted by atomic mass is 9.87. The van der Waals surface area contributed by atoms with Gasteiger partial charge < -0.3 is 10.1 Å². The van der Waals surface area contributed by atoms with Crippen molar-refractivity contribution in [1.82, 2.24) is 9.62 Å². The third-order valence-corrected chi connectivity index (χ3v) is 6.70. The van der Waals surface area contributed by atoms with Crippen LogP contribution in [0.5, 0.6) is 5.75 Å². The average Bonchev–Trinajstić information content (AvgIpc) is 2.66. The second-order valence-electron chi connectivity index (χ2n) is 8.39. The molecule has 0 aliphatic carbocycles. The zero-order chi connectivity index (χ0) is 22.7. The van der Waals surface area contributed by atoms with Gasteiger partial charge in [0.1, 0.15) is 12.4 Å². The number of rotatable bonds is 7. The zero-order valence-corrected chi connectivity index (χ0v) is 19.8. The molecule has 0 spiro atoms. The van der Waals surface area contributed by atoms with Crippen LogP contribution in [0.2, 0.25) is 5.02 Å². The largest absolute Gasteiger partial charge is 0.491 e. The molecule has 1 unspecified atom stereocenters. The number of hydrogen-bond donors (Lipinski definition) is 1. The van der Waals surface area contributed by atoms with Crippen LogP contribution in [-0.4, -0.2) is 45.4 Å². The maximum atomic E-state index is 12.6. The Bertz CT molecular complexity index is 997. The van der Waals surface area contributed by atoms with E-state index in [0.717, 1.165) is 4.31 Å². The Balaban J connectivity index is 2.04. The Labute approximate surface area is 184 Å². The minimum Gasteiger partial charge on any atom is -0.491 e. The van der Waals surface area contributed by atoms with Crippen LogP contribution >= 0.6 is 11.6 Å². The summed E-state index contributed by atoms with van der Waals surface area (Å²) in [6, 6.07) is 11.6. The van der Waals surface area contributed by atoms with Crippen molar-refractivity contribution in [3.05, 3.63) is 58.6 Å². The van der Waals surface area contributed by atoms with E-state index in [1.807, 2.05) is 24.3 Å². The van der Waals surface area contributed by atoms with E-state index >= 15 is 0 Å². The third-order valence-electron chi connectivity index (χ3n) is 4.56. The number of nitrogens with zero attached hydrogens (tertiary/aromatic N) is 1. The van der Waals surface area contributed by atoms with Crippen LogP contribution < -0.4 is 10.1 Å². The highest BCUT2D eigenvalue weighted by Crippen LogP contribution is 2.25. The van der Waals surface area contributed by atoms with E-state index in [2.05, 4.69) is 26.1 Å². The number of halogens is 1. The number of amides is 1. The summed E-state index contributed by atoms with van der Waals surface area (Å²) in [5, 5.41) is 2.97. The van der Waals surface area contributed by atoms with E-state index in [1.165, 1.54) is 37.9 Å². The van der Waals surface area contributed by atoms with Crippen molar-refractivity contribution in [2.45, 2.75) is 44.0 Å². The molecule has 8 heteroatoms. The Morgan fingerprint density at radius 3 is 2.27 bits per heavy atom. The molecule has 0 radical (unpaired) electrons. The van der Waals surface area contributed by atoms with Gasteiger partial charge in [-0.05, 0) is 48.2 Å². The fraction of sp³-hybridized carbons (Fsp3) is 0.409. The number of nitrogens with one attached hydrogen (secondary N) is 1. The molecule has 2 rings (SSSR count). The van der Waals surface area contributed by atoms with Crippen LogP contribution in [-0.2, 0) is 15.4 Å². The van der Waals surface area contributed by atoms with Crippen LogP contribution in [0, 0.1) is 0 Å². The molecule has 0 saturated carbocycles. The van der Waals surface area contributed by atoms with Crippen molar-refractivity contribution in [1.29, 1.82) is 0 Å². The molecule has 0 bridgehead atoms. The SMILES string of the molecule is CC(COc1ccc(C(C)(C)C)cc1)NC(=O)c1cc(S(=O)(=O)N(C)C)ccc1Cl. The van der Waals surface area contributed by atoms with Crippen LogP contribution in [0.3, 0.4) is 0 Å². The standard InChI is InChI=1S/C22H29ClN2O4S/c1-15(14-29-17-9-7-16(8-10-17)22(2,3)4)24-21(26)19-13-18(11-12-20(19)23)30(27,28)25(5)6/h7-13,15H,14H2,1-6H3,(H,24,26). The normalized spacial score (nSPS) is 13.2. The van der Waals surface area contributed by atoms with E-state index in [0.29, 0.717) is 5.75 Å². The van der Waals surface area contributed by atoms with E-state index in [-0.39, 0.29) is 33.5 Å². The monoisotopic (exact) mass is 452 g/mol. The summed E-state index contributed by atoms with van der Waals surface area (Å²) in [4.78, 5) is 12.6. The Morgan fingerprint density at radius 1 is 1.13 bits per heavy atom. The summed E-state index contributed by atoms with van der Waals surface area (Å²) in [6.07, 6.45) is 0. The van der Waals surface area contributed by atoms with Crippen molar-refractivity contribution in [2.75, 3.05) is 20.7 Å². The Kier molecular flexibility index (Phi) is 7.55. The van der Waals surface area contributed by atoms with Crippen molar-refractivity contribution < 1.29 is 17.9 Å². The molecule has 0 heterocycles. The molecule has 0 aromatic heterocycles. The maximum Gasteiger partial charge on any atom is 0.253 e. The zero-order valence-electron chi connectivity index (χ0n) is 18.2. The van der Waals surface area contributed by atoms with E-state index < -0.39 is 15.9 Å². The topological polar surface area (TPSA) is 75.7 Å². The van der Waals surface area contributed by atoms with Gasteiger partial charge in [0.25, 0.3) is 5.91 Å². The average molecular weight is 453 g/mol. The molecule has 1 atom stereocenters. The first-order valence-electron chi connectivity index (χ1n) is 9.58. The third kappa shape index (κ3) is 5.97. The fourth-order valence-electron chi connectivity index (χ4n) is 2.67. The highest BCUT2D eigenvalue weighted by molar-refractivity contribution is 7.89. The van der Waals surface area contributed by atoms with Crippen LogP contribution in [0.15, 0.2) is 47.4 Å². The first-order chi connectivity index (χ1) is 13.8. The van der Waals surface area contributed by atoms with Crippen LogP contribution in [0.4, 0.5) is 0 Å². The number of carbonyl (C=O) groups is 1. The van der Waals surface area contributed by atoms with Crippen molar-refractivity contribution in [2.24, 2.45) is 0 Å². The van der Waals surface area contributed by atoms with Gasteiger partial charge in [-0.3, -0.25) is 4.79 Å². The van der Waals surface area contributed by atoms with Gasteiger partial charge in [0.15, 0.2) is 0 Å². The number of hydrogen-bond acceptors (Lipinski definition) is 4. The maximum absolute atomic E-state index is 12.6. The van der Waals surface area contributed by atoms with Gasteiger partial charge in [0.2, 0.25) is 10.0 Å². The quantitative estimate of drug-likeness (QED) is 0.686. The summed E-state index contributed by atoms with van der Waals surface area (Å²) in [7, 11) is -0.813. The number of benzene rings is 2. The van der Waals surface area contributed by atoms with Crippen molar-refractivity contribution >= 4 is 27.5 Å². The van der Waals surface area contributed by atoms with Gasteiger partial charge in [-0.1, -0.05) is 44.5 Å². The second kappa shape index (κ2) is 9.37. The smallest absolute Gasteiger partial charge is 0.253 e. The lowest BCUT2D eigenvalue weighted by Gasteiger charge is -2.20. The molecule has 2 aromatic rings. The summed E-state index contributed by atoms with van der Waals surface area (Å²) >= 11 is 6.13. The molecule has 0 saturated heterocycles. The first kappa shape index (κ1) is 24.2. The predicted octanol–water partition coefficient (Wildman–Crippen LogP) is 4.09. The summed E-state index contributed by atoms with van der Waals surface area (Å²) in [5.74, 6) is 0.246. The molecule has 164 valence electrons. The minimum atomic E-state index is -3.67. The minimum absolute atomic E-state index is 0.00453. The van der Waals surface area contributed by atoms with Gasteiger partial charge in [-0.15, -0.1) is 0 Å². The first-order valence-corrected chi connectivity index (χ1v) is 11.4. The summed E-state index contributed by atoms with van der Waals surface area (Å²) in [6.45, 7) is 8.49. The molecule has 6 nitrogen and oxygen atoms in total. The lowest BCUT2D eigenvalue weighted by molar-refractivity contribution is 0.0926. The highest BCUT2D eigenvalue weighted by Gasteiger charge is 2.21. The number of sulfonamides is 1. The Morgan fingerprint density at radius 2 is 1.73 bits per heavy atom. The molecule has 0 fully saturated rings. The molecular weight excluding hydrogens is 424 g/mol. The molecule has 1 amide bonds. The van der Waals surface area contributed by atoms with Crippen LogP contribution in [0.25, 0.3) is 0 Å². The number of ether oxygens (including phenoxy) is 1. The van der Waals surface area contributed by atoms with Gasteiger partial charge in [0, 0.05) is 14.1 Å². The second-order valence-corrected chi connectivity index (χ2v) is 10.9. The number of carbonyl (C=O) groups excluding carboxylic acids is 1. The molecule has 0 aliphatic heterocycles. The molecule has 30 heavy (non-hydrogen) atoms. The molecular formula is C22H29ClN2O4S. The molecule has 1 N–H and O–H groups in total. The summed E-state index contributed by atoms with van der Waals surface area (Å²) < 4.78 is 31.5. The molecule has 2 aromatic carbocycles. The van der Waals surface area contributed by atoms with Crippen molar-refractivity contribution in [3.8, 4) is 5.75 Å². The lowest BCUT2D eigenvalue weighted by Crippen LogP contribution is -2.37. The molecule has 0 aliphatic rings. The van der Waals surface area contributed by atoms with E-state index in [4.69, 9.17) is 16.3 Å².